The van der Waals surface area contributed by atoms with E-state index in [2.05, 4.69) is 10.6 Å². The van der Waals surface area contributed by atoms with E-state index in [-0.39, 0.29) is 28.0 Å². The van der Waals surface area contributed by atoms with Crippen LogP contribution in [0.3, 0.4) is 0 Å². The Labute approximate surface area is 411 Å². The van der Waals surface area contributed by atoms with Gasteiger partial charge in [0.1, 0.15) is 10.3 Å². The highest BCUT2D eigenvalue weighted by atomic mass is 35.5. The van der Waals surface area contributed by atoms with Gasteiger partial charge in [-0.15, -0.1) is 0 Å². The summed E-state index contributed by atoms with van der Waals surface area (Å²) >= 11 is 56.1. The van der Waals surface area contributed by atoms with E-state index in [0.717, 1.165) is 16.7 Å². The van der Waals surface area contributed by atoms with Crippen LogP contribution in [-0.4, -0.2) is 32.5 Å². The van der Waals surface area contributed by atoms with Crippen LogP contribution in [0.15, 0.2) is 121 Å². The number of nitrogens with zero attached hydrogens (tertiary/aromatic N) is 2. The number of hydrogen-bond acceptors (Lipinski definition) is 4. The van der Waals surface area contributed by atoms with Gasteiger partial charge in [0.15, 0.2) is 0 Å². The van der Waals surface area contributed by atoms with E-state index in [0.29, 0.717) is 74.9 Å². The molecule has 0 spiro atoms. The highest BCUT2D eigenvalue weighted by Crippen LogP contribution is 2.36. The number of Topliss-reactive ketones (excluding diaryl/α,β-unsaturated/α-hetero) is 2. The average molecular weight is 1030 g/mol. The Bertz CT molecular complexity index is 2970. The molecule has 8 nitrogen and oxygen atoms in total. The predicted molar refractivity (Wildman–Crippen MR) is 264 cm³/mol. The van der Waals surface area contributed by atoms with Gasteiger partial charge in [-0.2, -0.15) is 0 Å². The molecule has 2 aromatic heterocycles. The highest BCUT2D eigenvalue weighted by Gasteiger charge is 2.29. The SMILES string of the molecule is Cc1ccc2c(c1)c(C(=O)C(=O)Nc1cccc(Cl)c1)c(Cl)n2Cc1ccc(Cl)cc1Cl.O=C(Nc1cccc(Cl)c1)C(=O)c1c(Cl)n(Cc2ccc(Cl)cc2Cl)c2ccc(Cl)cc12. The number of benzene rings is 6. The van der Waals surface area contributed by atoms with Gasteiger partial charge in [-0.1, -0.05) is 140 Å². The van der Waals surface area contributed by atoms with Crippen LogP contribution in [0.2, 0.25) is 45.5 Å². The summed E-state index contributed by atoms with van der Waals surface area (Å²) in [6.07, 6.45) is 0. The third-order valence-corrected chi connectivity index (χ3v) is 12.5. The molecule has 8 rings (SSSR count). The summed E-state index contributed by atoms with van der Waals surface area (Å²) in [6, 6.07) is 34.0. The number of carbonyl (C=O) groups excluding carboxylic acids is 4. The first kappa shape index (κ1) is 47.3. The fourth-order valence-corrected chi connectivity index (χ4v) is 9.02. The molecule has 0 saturated carbocycles. The van der Waals surface area contributed by atoms with Crippen molar-refractivity contribution in [2.45, 2.75) is 20.0 Å². The number of aromatic nitrogens is 2. The monoisotopic (exact) mass is 1030 g/mol. The second kappa shape index (κ2) is 20.2. The second-order valence-corrected chi connectivity index (χ2v) is 18.0. The van der Waals surface area contributed by atoms with Gasteiger partial charge in [-0.25, -0.2) is 0 Å². The Hall–Kier alpha value is -4.71. The second-order valence-electron chi connectivity index (χ2n) is 14.2. The lowest BCUT2D eigenvalue weighted by Crippen LogP contribution is -2.23. The lowest BCUT2D eigenvalue weighted by molar-refractivity contribution is -0.113. The number of carbonyl (C=O) groups is 4. The number of hydrogen-bond donors (Lipinski definition) is 2. The molecule has 0 unspecified atom stereocenters. The van der Waals surface area contributed by atoms with Crippen molar-refractivity contribution >= 4 is 161 Å². The number of nitrogens with one attached hydrogen (secondary N) is 2. The summed E-state index contributed by atoms with van der Waals surface area (Å²) in [7, 11) is 0. The number of fused-ring (bicyclic) bond motifs is 2. The lowest BCUT2D eigenvalue weighted by Gasteiger charge is -2.10. The van der Waals surface area contributed by atoms with Gasteiger partial charge in [0, 0.05) is 57.3 Å². The van der Waals surface area contributed by atoms with Gasteiger partial charge in [0.05, 0.1) is 35.2 Å². The maximum absolute atomic E-state index is 13.2. The van der Waals surface area contributed by atoms with Crippen LogP contribution in [0.4, 0.5) is 11.4 Å². The molecule has 324 valence electrons. The largest absolute Gasteiger partial charge is 0.326 e. The number of anilines is 2. The van der Waals surface area contributed by atoms with E-state index < -0.39 is 23.4 Å². The highest BCUT2D eigenvalue weighted by molar-refractivity contribution is 6.53. The third-order valence-electron chi connectivity index (χ3n) is 9.84. The Balaban J connectivity index is 0.000000191. The van der Waals surface area contributed by atoms with E-state index >= 15 is 0 Å². The molecule has 8 aromatic rings. The van der Waals surface area contributed by atoms with Crippen molar-refractivity contribution in [3.63, 3.8) is 0 Å². The summed E-state index contributed by atoms with van der Waals surface area (Å²) in [5, 5.41) is 9.67. The van der Waals surface area contributed by atoms with E-state index in [9.17, 15) is 19.2 Å². The topological polar surface area (TPSA) is 102 Å². The Morgan fingerprint density at radius 1 is 0.453 bits per heavy atom. The smallest absolute Gasteiger partial charge is 0.296 e. The Morgan fingerprint density at radius 3 is 1.28 bits per heavy atom. The quantitative estimate of drug-likeness (QED) is 0.105. The molecule has 0 atom stereocenters. The summed E-state index contributed by atoms with van der Waals surface area (Å²) in [5.41, 5.74) is 4.78. The first-order valence-electron chi connectivity index (χ1n) is 18.8. The molecule has 0 saturated heterocycles. The van der Waals surface area contributed by atoms with Crippen LogP contribution >= 0.6 is 104 Å². The van der Waals surface area contributed by atoms with Crippen molar-refractivity contribution in [2.24, 2.45) is 0 Å². The van der Waals surface area contributed by atoms with Crippen LogP contribution in [0.25, 0.3) is 21.8 Å². The van der Waals surface area contributed by atoms with Crippen LogP contribution < -0.4 is 10.6 Å². The minimum absolute atomic E-state index is 0.0498. The number of ketones is 2. The van der Waals surface area contributed by atoms with Gasteiger partial charge < -0.3 is 19.8 Å². The average Bonchev–Trinajstić information content (AvgIpc) is 3.66. The van der Waals surface area contributed by atoms with Crippen LogP contribution in [0.5, 0.6) is 0 Å². The first-order valence-corrected chi connectivity index (χ1v) is 22.2. The number of rotatable bonds is 10. The lowest BCUT2D eigenvalue weighted by atomic mass is 10.1. The van der Waals surface area contributed by atoms with Crippen LogP contribution in [0.1, 0.15) is 37.4 Å². The molecular weight excluding hydrogens is 1000 g/mol. The molecule has 64 heavy (non-hydrogen) atoms. The number of aryl methyl sites for hydroxylation is 1. The third kappa shape index (κ3) is 10.5. The molecule has 0 radical (unpaired) electrons. The van der Waals surface area contributed by atoms with Gasteiger partial charge in [0.25, 0.3) is 23.4 Å². The molecule has 6 aromatic carbocycles. The molecule has 0 aliphatic carbocycles. The van der Waals surface area contributed by atoms with Gasteiger partial charge in [0.2, 0.25) is 0 Å². The maximum Gasteiger partial charge on any atom is 0.296 e. The molecule has 0 bridgehead atoms. The molecular formula is C47H29Cl9N4O4. The van der Waals surface area contributed by atoms with E-state index in [4.69, 9.17) is 104 Å². The molecule has 0 aliphatic rings. The van der Waals surface area contributed by atoms with E-state index in [1.54, 1.807) is 106 Å². The minimum atomic E-state index is -0.849. The van der Waals surface area contributed by atoms with Crippen molar-refractivity contribution in [3.05, 3.63) is 195 Å². The zero-order valence-electron chi connectivity index (χ0n) is 32.9. The zero-order valence-corrected chi connectivity index (χ0v) is 39.7. The molecule has 0 aliphatic heterocycles. The van der Waals surface area contributed by atoms with Crippen LogP contribution in [-0.2, 0) is 22.7 Å². The molecule has 2 amide bonds. The van der Waals surface area contributed by atoms with Crippen molar-refractivity contribution in [1.82, 2.24) is 9.13 Å². The van der Waals surface area contributed by atoms with Crippen molar-refractivity contribution in [1.29, 1.82) is 0 Å². The van der Waals surface area contributed by atoms with Crippen LogP contribution in [0, 0.1) is 6.92 Å². The van der Waals surface area contributed by atoms with Crippen molar-refractivity contribution < 1.29 is 19.2 Å². The number of amides is 2. The molecule has 0 fully saturated rings. The number of halogens is 9. The molecule has 2 N–H and O–H groups in total. The van der Waals surface area contributed by atoms with Crippen molar-refractivity contribution in [3.8, 4) is 0 Å². The fraction of sp³-hybridized carbons (Fsp3) is 0.0638. The normalized spacial score (nSPS) is 11.0. The fourth-order valence-electron chi connectivity index (χ4n) is 6.85. The van der Waals surface area contributed by atoms with E-state index in [1.165, 1.54) is 6.07 Å². The zero-order chi connectivity index (χ0) is 46.0. The van der Waals surface area contributed by atoms with Gasteiger partial charge in [-0.05, 0) is 109 Å². The summed E-state index contributed by atoms with van der Waals surface area (Å²) in [5.74, 6) is -3.20. The van der Waals surface area contributed by atoms with Gasteiger partial charge >= 0.3 is 0 Å². The Morgan fingerprint density at radius 2 is 0.844 bits per heavy atom. The molecule has 17 heteroatoms. The summed E-state index contributed by atoms with van der Waals surface area (Å²) < 4.78 is 3.45. The first-order chi connectivity index (χ1) is 30.5. The predicted octanol–water partition coefficient (Wildman–Crippen LogP) is 15.2. The maximum atomic E-state index is 13.2. The molecule has 2 heterocycles. The minimum Gasteiger partial charge on any atom is -0.326 e. The van der Waals surface area contributed by atoms with E-state index in [1.807, 2.05) is 25.1 Å². The van der Waals surface area contributed by atoms with Gasteiger partial charge in [-0.3, -0.25) is 19.2 Å². The van der Waals surface area contributed by atoms with Crippen molar-refractivity contribution in [2.75, 3.05) is 10.6 Å². The summed E-state index contributed by atoms with van der Waals surface area (Å²) in [6.45, 7) is 2.47. The summed E-state index contributed by atoms with van der Waals surface area (Å²) in [4.78, 5) is 51.8. The Kier molecular flexibility index (Phi) is 14.9. The standard InChI is InChI=1S/C24H16Cl4N2O2.C23H13Cl5N2O2/c1-13-5-8-20-18(9-13)21(22(31)24(32)29-17-4-2-3-15(25)10-17)23(28)30(20)12-14-6-7-16(26)11-19(14)27;24-13-2-1-3-16(8-13)29-23(32)21(31)20-17-9-14(25)6-7-19(17)30(22(20)28)11-12-4-5-15(26)10-18(12)27/h2-11H,12H2,1H3,(H,29,32);1-10H,11H2,(H,29,32).